The molecule has 0 radical (unpaired) electrons. The fraction of sp³-hybridized carbons (Fsp3) is 0.200. The van der Waals surface area contributed by atoms with Crippen molar-refractivity contribution in [2.24, 2.45) is 21.8 Å². The van der Waals surface area contributed by atoms with Gasteiger partial charge in [0.1, 0.15) is 6.23 Å². The van der Waals surface area contributed by atoms with Crippen molar-refractivity contribution in [3.8, 4) is 0 Å². The number of hydrogen-bond acceptors (Lipinski definition) is 5. The molecular formula is C10H15ClN6O. The molecule has 1 unspecified atom stereocenters. The first kappa shape index (κ1) is 14.1. The van der Waals surface area contributed by atoms with Crippen LogP contribution in [0.1, 0.15) is 12.5 Å². The fourth-order valence-electron chi connectivity index (χ4n) is 1.19. The van der Waals surface area contributed by atoms with E-state index in [0.29, 0.717) is 10.7 Å². The van der Waals surface area contributed by atoms with Gasteiger partial charge in [0.15, 0.2) is 0 Å². The molecule has 1 aromatic rings. The summed E-state index contributed by atoms with van der Waals surface area (Å²) in [5.41, 5.74) is 9.09. The molecule has 1 aromatic carbocycles. The summed E-state index contributed by atoms with van der Waals surface area (Å²) in [6, 6.07) is 5.13. The Morgan fingerprint density at radius 2 is 2.28 bits per heavy atom. The topological polar surface area (TPSA) is 121 Å². The summed E-state index contributed by atoms with van der Waals surface area (Å²) in [6.07, 6.45) is 0.790. The molecule has 0 aromatic heterocycles. The van der Waals surface area contributed by atoms with Gasteiger partial charge < -0.3 is 22.0 Å². The predicted octanol–water partition coefficient (Wildman–Crippen LogP) is 0.202. The van der Waals surface area contributed by atoms with E-state index in [2.05, 4.69) is 20.9 Å². The number of anilines is 1. The Hall–Kier alpha value is -1.99. The first-order valence-corrected chi connectivity index (χ1v) is 5.47. The molecule has 0 spiro atoms. The Balaban J connectivity index is 2.87. The number of nitrogens with zero attached hydrogens (tertiary/aromatic N) is 2. The molecule has 0 bridgehead atoms. The first-order valence-electron chi connectivity index (χ1n) is 5.09. The average molecular weight is 271 g/mol. The van der Waals surface area contributed by atoms with Crippen LogP contribution in [-0.4, -0.2) is 23.5 Å². The lowest BCUT2D eigenvalue weighted by atomic mass is 10.2. The minimum Gasteiger partial charge on any atom is -0.374 e. The highest BCUT2D eigenvalue weighted by Crippen LogP contribution is 2.20. The molecule has 0 heterocycles. The number of hydrazone groups is 2. The highest BCUT2D eigenvalue weighted by Gasteiger charge is 2.03. The predicted molar refractivity (Wildman–Crippen MR) is 73.3 cm³/mol. The van der Waals surface area contributed by atoms with Crippen molar-refractivity contribution in [1.29, 1.82) is 0 Å². The summed E-state index contributed by atoms with van der Waals surface area (Å²) < 4.78 is 0. The van der Waals surface area contributed by atoms with Crippen molar-refractivity contribution in [2.75, 3.05) is 5.32 Å². The van der Waals surface area contributed by atoms with Crippen LogP contribution < -0.4 is 22.3 Å². The largest absolute Gasteiger partial charge is 0.374 e. The molecule has 0 fully saturated rings. The maximum atomic E-state index is 9.30. The lowest BCUT2D eigenvalue weighted by Gasteiger charge is -2.12. The van der Waals surface area contributed by atoms with Gasteiger partial charge in [0, 0.05) is 16.3 Å². The zero-order chi connectivity index (χ0) is 13.5. The lowest BCUT2D eigenvalue weighted by Crippen LogP contribution is -2.28. The quantitative estimate of drug-likeness (QED) is 0.176. The van der Waals surface area contributed by atoms with Gasteiger partial charge in [0.25, 0.3) is 0 Å². The Bertz CT molecular complexity index is 460. The summed E-state index contributed by atoms with van der Waals surface area (Å²) >= 11 is 5.87. The average Bonchev–Trinajstić information content (AvgIpc) is 2.31. The lowest BCUT2D eigenvalue weighted by molar-refractivity contribution is 0.224. The van der Waals surface area contributed by atoms with E-state index in [1.54, 1.807) is 25.1 Å². The van der Waals surface area contributed by atoms with Crippen molar-refractivity contribution < 1.29 is 5.11 Å². The van der Waals surface area contributed by atoms with Crippen LogP contribution in [0, 0.1) is 0 Å². The minimum atomic E-state index is -0.709. The number of hydrogen-bond donors (Lipinski definition) is 5. The third-order valence-electron chi connectivity index (χ3n) is 1.90. The van der Waals surface area contributed by atoms with Gasteiger partial charge in [-0.2, -0.15) is 5.10 Å². The Labute approximate surface area is 109 Å². The minimum absolute atomic E-state index is 0.00903. The maximum absolute atomic E-state index is 9.30. The zero-order valence-corrected chi connectivity index (χ0v) is 10.5. The van der Waals surface area contributed by atoms with Gasteiger partial charge >= 0.3 is 0 Å². The first-order chi connectivity index (χ1) is 8.52. The van der Waals surface area contributed by atoms with Crippen LogP contribution in [-0.2, 0) is 0 Å². The standard InChI is InChI=1S/C10H15ClN6O/c1-6(18)15-9-4-8(11)3-2-7(9)5-14-17-10(12)16-13/h2-6,15,18H,13H2,1H3,(H3,12,16,17). The van der Waals surface area contributed by atoms with Crippen molar-refractivity contribution in [2.45, 2.75) is 13.2 Å². The second kappa shape index (κ2) is 6.67. The van der Waals surface area contributed by atoms with E-state index < -0.39 is 6.23 Å². The maximum Gasteiger partial charge on any atom is 0.231 e. The summed E-state index contributed by atoms with van der Waals surface area (Å²) in [6.45, 7) is 1.60. The van der Waals surface area contributed by atoms with Crippen molar-refractivity contribution in [3.05, 3.63) is 28.8 Å². The number of aliphatic hydroxyl groups excluding tert-OH is 1. The summed E-state index contributed by atoms with van der Waals surface area (Å²) in [7, 11) is 0. The monoisotopic (exact) mass is 270 g/mol. The third kappa shape index (κ3) is 4.48. The molecule has 8 heteroatoms. The molecule has 0 aliphatic carbocycles. The van der Waals surface area contributed by atoms with Gasteiger partial charge in [-0.1, -0.05) is 11.6 Å². The number of guanidine groups is 1. The van der Waals surface area contributed by atoms with E-state index in [1.165, 1.54) is 6.21 Å². The number of aliphatic hydroxyl groups is 1. The van der Waals surface area contributed by atoms with Gasteiger partial charge in [-0.15, -0.1) is 5.10 Å². The van der Waals surface area contributed by atoms with Crippen LogP contribution in [0.15, 0.2) is 28.4 Å². The van der Waals surface area contributed by atoms with E-state index >= 15 is 0 Å². The Morgan fingerprint density at radius 3 is 2.89 bits per heavy atom. The van der Waals surface area contributed by atoms with Gasteiger partial charge in [-0.25, -0.2) is 5.43 Å². The molecule has 7 N–H and O–H groups in total. The van der Waals surface area contributed by atoms with Crippen molar-refractivity contribution >= 4 is 29.5 Å². The van der Waals surface area contributed by atoms with E-state index in [-0.39, 0.29) is 5.96 Å². The SMILES string of the molecule is CC(O)Nc1cc(Cl)ccc1C=NNC(N)=NN. The normalized spacial score (nSPS) is 13.6. The molecule has 0 saturated heterocycles. The number of nitrogens with one attached hydrogen (secondary N) is 2. The van der Waals surface area contributed by atoms with Crippen LogP contribution >= 0.6 is 11.6 Å². The van der Waals surface area contributed by atoms with Crippen LogP contribution in [0.4, 0.5) is 5.69 Å². The van der Waals surface area contributed by atoms with E-state index in [4.69, 9.17) is 23.2 Å². The van der Waals surface area contributed by atoms with E-state index in [0.717, 1.165) is 5.56 Å². The van der Waals surface area contributed by atoms with Crippen LogP contribution in [0.25, 0.3) is 0 Å². The van der Waals surface area contributed by atoms with Crippen molar-refractivity contribution in [1.82, 2.24) is 5.43 Å². The fourth-order valence-corrected chi connectivity index (χ4v) is 1.36. The molecular weight excluding hydrogens is 256 g/mol. The summed E-state index contributed by atoms with van der Waals surface area (Å²) in [4.78, 5) is 0. The van der Waals surface area contributed by atoms with Crippen LogP contribution in [0.3, 0.4) is 0 Å². The molecule has 0 amide bonds. The molecule has 18 heavy (non-hydrogen) atoms. The van der Waals surface area contributed by atoms with E-state index in [1.807, 2.05) is 0 Å². The van der Waals surface area contributed by atoms with Gasteiger partial charge in [0.05, 0.1) is 6.21 Å². The molecule has 1 atom stereocenters. The van der Waals surface area contributed by atoms with Crippen molar-refractivity contribution in [3.63, 3.8) is 0 Å². The Kier molecular flexibility index (Phi) is 5.22. The Morgan fingerprint density at radius 1 is 1.56 bits per heavy atom. The number of benzene rings is 1. The van der Waals surface area contributed by atoms with E-state index in [9.17, 15) is 5.11 Å². The highest BCUT2D eigenvalue weighted by atomic mass is 35.5. The molecule has 0 aliphatic heterocycles. The van der Waals surface area contributed by atoms with Crippen LogP contribution in [0.2, 0.25) is 5.02 Å². The molecule has 7 nitrogen and oxygen atoms in total. The second-order valence-corrected chi connectivity index (χ2v) is 3.87. The number of rotatable bonds is 4. The molecule has 1 rings (SSSR count). The summed E-state index contributed by atoms with van der Waals surface area (Å²) in [5.74, 6) is 4.92. The van der Waals surface area contributed by atoms with Gasteiger partial charge in [-0.05, 0) is 25.1 Å². The van der Waals surface area contributed by atoms with Crippen LogP contribution in [0.5, 0.6) is 0 Å². The second-order valence-electron chi connectivity index (χ2n) is 3.44. The summed E-state index contributed by atoms with van der Waals surface area (Å²) in [5, 5.41) is 19.7. The number of nitrogens with two attached hydrogens (primary N) is 2. The zero-order valence-electron chi connectivity index (χ0n) is 9.76. The third-order valence-corrected chi connectivity index (χ3v) is 2.14. The molecule has 0 saturated carbocycles. The van der Waals surface area contributed by atoms with Gasteiger partial charge in [0.2, 0.25) is 5.96 Å². The highest BCUT2D eigenvalue weighted by molar-refractivity contribution is 6.31. The number of halogens is 1. The molecule has 98 valence electrons. The van der Waals surface area contributed by atoms with Gasteiger partial charge in [-0.3, -0.25) is 0 Å². The molecule has 0 aliphatic rings. The smallest absolute Gasteiger partial charge is 0.231 e.